The molecule has 0 saturated carbocycles. The molecule has 0 saturated heterocycles. The molecule has 5 nitrogen and oxygen atoms in total. The smallest absolute Gasteiger partial charge is 0.129 e. The van der Waals surface area contributed by atoms with Crippen LogP contribution < -0.4 is 5.32 Å². The molecule has 2 aromatic heterocycles. The summed E-state index contributed by atoms with van der Waals surface area (Å²) in [4.78, 5) is 4.56. The molecule has 2 atom stereocenters. The third-order valence-electron chi connectivity index (χ3n) is 5.01. The number of fused-ring (bicyclic) bond motifs is 1. The third-order valence-corrected chi connectivity index (χ3v) is 6.53. The second kappa shape index (κ2) is 8.32. The molecule has 0 aliphatic carbocycles. The molecule has 1 aliphatic rings. The Kier molecular flexibility index (Phi) is 5.61. The minimum absolute atomic E-state index is 0.130. The van der Waals surface area contributed by atoms with Crippen LogP contribution in [-0.2, 0) is 7.05 Å². The van der Waals surface area contributed by atoms with Crippen molar-refractivity contribution in [2.45, 2.75) is 25.1 Å². The first-order valence-corrected chi connectivity index (χ1v) is 10.7. The fourth-order valence-corrected chi connectivity index (χ4v) is 5.08. The van der Waals surface area contributed by atoms with Crippen molar-refractivity contribution in [1.82, 2.24) is 14.8 Å². The summed E-state index contributed by atoms with van der Waals surface area (Å²) in [5, 5.41) is 17.6. The average molecular weight is 405 g/mol. The van der Waals surface area contributed by atoms with E-state index < -0.39 is 0 Å². The number of anilines is 1. The maximum absolute atomic E-state index is 8.96. The van der Waals surface area contributed by atoms with Gasteiger partial charge in [0.2, 0.25) is 0 Å². The first-order chi connectivity index (χ1) is 14.1. The number of rotatable bonds is 2. The van der Waals surface area contributed by atoms with Crippen molar-refractivity contribution >= 4 is 17.6 Å². The number of hydrogen-bond acceptors (Lipinski definition) is 5. The number of nitrogens with one attached hydrogen (secondary N) is 1. The molecule has 2 N–H and O–H groups in total. The molecule has 29 heavy (non-hydrogen) atoms. The minimum atomic E-state index is -0.130. The largest absolute Gasteiger partial charge is 0.384 e. The first-order valence-electron chi connectivity index (χ1n) is 9.65. The summed E-state index contributed by atoms with van der Waals surface area (Å²) in [6.45, 7) is 4.20. The van der Waals surface area contributed by atoms with Crippen molar-refractivity contribution in [2.75, 3.05) is 17.7 Å². The average Bonchev–Trinajstić information content (AvgIpc) is 2.93. The molecule has 0 radical (unpaired) electrons. The van der Waals surface area contributed by atoms with E-state index in [2.05, 4.69) is 48.1 Å². The standard InChI is InChI=1S/C23H24N4OS/c1-15-13-17(7-6-12-28)9-10-18(15)22-20-21(19-8-4-5-11-24-19)26-27(3)23(20)25-16(2)14-29-22/h4-5,8-11,13,16,22,25,28H,12,14H2,1-3H3. The SMILES string of the molecule is Cc1cc(C#CCO)ccc1C1SCC(C)Nc2c1c(-c1ccccn1)nn2C. The first kappa shape index (κ1) is 19.6. The van der Waals surface area contributed by atoms with Gasteiger partial charge in [-0.25, -0.2) is 0 Å². The molecule has 6 heteroatoms. The van der Waals surface area contributed by atoms with E-state index in [0.717, 1.165) is 28.5 Å². The summed E-state index contributed by atoms with van der Waals surface area (Å²) in [6.07, 6.45) is 1.81. The van der Waals surface area contributed by atoms with Crippen molar-refractivity contribution in [1.29, 1.82) is 0 Å². The van der Waals surface area contributed by atoms with Crippen LogP contribution in [0.5, 0.6) is 0 Å². The number of thioether (sulfide) groups is 1. The highest BCUT2D eigenvalue weighted by Crippen LogP contribution is 2.47. The Labute approximate surface area is 175 Å². The zero-order valence-corrected chi connectivity index (χ0v) is 17.6. The second-order valence-corrected chi connectivity index (χ2v) is 8.38. The van der Waals surface area contributed by atoms with Crippen LogP contribution in [0, 0.1) is 18.8 Å². The summed E-state index contributed by atoms with van der Waals surface area (Å²) >= 11 is 1.93. The van der Waals surface area contributed by atoms with Crippen LogP contribution in [0.4, 0.5) is 5.82 Å². The van der Waals surface area contributed by atoms with Crippen molar-refractivity contribution in [2.24, 2.45) is 7.05 Å². The highest BCUT2D eigenvalue weighted by atomic mass is 32.2. The minimum Gasteiger partial charge on any atom is -0.384 e. The number of aliphatic hydroxyl groups excluding tert-OH is 1. The van der Waals surface area contributed by atoms with Crippen molar-refractivity contribution in [3.63, 3.8) is 0 Å². The normalized spacial score (nSPS) is 18.2. The summed E-state index contributed by atoms with van der Waals surface area (Å²) < 4.78 is 1.94. The van der Waals surface area contributed by atoms with E-state index in [0.29, 0.717) is 6.04 Å². The molecule has 2 unspecified atom stereocenters. The number of aryl methyl sites for hydroxylation is 2. The molecule has 1 aliphatic heterocycles. The van der Waals surface area contributed by atoms with Gasteiger partial charge in [-0.05, 0) is 49.2 Å². The number of aliphatic hydroxyl groups is 1. The lowest BCUT2D eigenvalue weighted by molar-refractivity contribution is 0.350. The molecule has 0 amide bonds. The van der Waals surface area contributed by atoms with Crippen LogP contribution in [0.3, 0.4) is 0 Å². The van der Waals surface area contributed by atoms with Crippen LogP contribution in [0.25, 0.3) is 11.4 Å². The van der Waals surface area contributed by atoms with Crippen LogP contribution in [-0.4, -0.2) is 38.3 Å². The van der Waals surface area contributed by atoms with Crippen LogP contribution in [0.2, 0.25) is 0 Å². The predicted octanol–water partition coefficient (Wildman–Crippen LogP) is 3.77. The van der Waals surface area contributed by atoms with E-state index in [1.54, 1.807) is 0 Å². The van der Waals surface area contributed by atoms with E-state index >= 15 is 0 Å². The number of hydrogen-bond donors (Lipinski definition) is 2. The van der Waals surface area contributed by atoms with Gasteiger partial charge in [-0.1, -0.05) is 24.0 Å². The van der Waals surface area contributed by atoms with Gasteiger partial charge in [0.15, 0.2) is 0 Å². The van der Waals surface area contributed by atoms with Gasteiger partial charge < -0.3 is 10.4 Å². The molecule has 0 fully saturated rings. The van der Waals surface area contributed by atoms with Crippen LogP contribution >= 0.6 is 11.8 Å². The van der Waals surface area contributed by atoms with Crippen molar-refractivity contribution in [3.05, 3.63) is 64.8 Å². The van der Waals surface area contributed by atoms with E-state index in [1.807, 2.05) is 54.0 Å². The Morgan fingerprint density at radius 1 is 1.31 bits per heavy atom. The molecule has 148 valence electrons. The van der Waals surface area contributed by atoms with Gasteiger partial charge in [-0.3, -0.25) is 9.67 Å². The summed E-state index contributed by atoms with van der Waals surface area (Å²) in [5.74, 6) is 7.77. The molecule has 4 rings (SSSR count). The maximum Gasteiger partial charge on any atom is 0.129 e. The van der Waals surface area contributed by atoms with Gasteiger partial charge >= 0.3 is 0 Å². The molecular weight excluding hydrogens is 380 g/mol. The van der Waals surface area contributed by atoms with Gasteiger partial charge in [-0.15, -0.1) is 11.8 Å². The summed E-state index contributed by atoms with van der Waals surface area (Å²) in [5.41, 5.74) is 6.34. The summed E-state index contributed by atoms with van der Waals surface area (Å²) in [6, 6.07) is 12.6. The Morgan fingerprint density at radius 2 is 2.17 bits per heavy atom. The van der Waals surface area contributed by atoms with E-state index in [1.165, 1.54) is 16.7 Å². The summed E-state index contributed by atoms with van der Waals surface area (Å²) in [7, 11) is 1.98. The quantitative estimate of drug-likeness (QED) is 0.637. The van der Waals surface area contributed by atoms with Gasteiger partial charge in [0.1, 0.15) is 18.1 Å². The molecular formula is C23H24N4OS. The van der Waals surface area contributed by atoms with Gasteiger partial charge in [0.25, 0.3) is 0 Å². The molecule has 0 spiro atoms. The Morgan fingerprint density at radius 3 is 2.90 bits per heavy atom. The Balaban J connectivity index is 1.87. The van der Waals surface area contributed by atoms with Gasteiger partial charge in [-0.2, -0.15) is 5.10 Å². The van der Waals surface area contributed by atoms with E-state index in [9.17, 15) is 0 Å². The van der Waals surface area contributed by atoms with Gasteiger partial charge in [0, 0.05) is 36.2 Å². The number of aromatic nitrogens is 3. The fourth-order valence-electron chi connectivity index (χ4n) is 3.69. The molecule has 3 aromatic rings. The topological polar surface area (TPSA) is 63.0 Å². The zero-order chi connectivity index (χ0) is 20.4. The number of benzene rings is 1. The second-order valence-electron chi connectivity index (χ2n) is 7.24. The fraction of sp³-hybridized carbons (Fsp3) is 0.304. The van der Waals surface area contributed by atoms with E-state index in [4.69, 9.17) is 10.2 Å². The maximum atomic E-state index is 8.96. The zero-order valence-electron chi connectivity index (χ0n) is 16.8. The molecule has 1 aromatic carbocycles. The third kappa shape index (κ3) is 3.89. The highest BCUT2D eigenvalue weighted by Gasteiger charge is 2.31. The Hall–Kier alpha value is -2.75. The van der Waals surface area contributed by atoms with E-state index in [-0.39, 0.29) is 11.9 Å². The van der Waals surface area contributed by atoms with Crippen molar-refractivity contribution in [3.8, 4) is 23.2 Å². The van der Waals surface area contributed by atoms with Crippen molar-refractivity contribution < 1.29 is 5.11 Å². The lowest BCUT2D eigenvalue weighted by Gasteiger charge is -2.19. The van der Waals surface area contributed by atoms with Gasteiger partial charge in [0.05, 0.1) is 10.9 Å². The number of pyridine rings is 1. The van der Waals surface area contributed by atoms with Crippen LogP contribution in [0.1, 0.15) is 34.4 Å². The Bertz CT molecular complexity index is 1080. The molecule has 0 bridgehead atoms. The lowest BCUT2D eigenvalue weighted by atomic mass is 9.96. The predicted molar refractivity (Wildman–Crippen MR) is 119 cm³/mol. The lowest BCUT2D eigenvalue weighted by Crippen LogP contribution is -2.18. The van der Waals surface area contributed by atoms with Crippen LogP contribution in [0.15, 0.2) is 42.6 Å². The molecule has 3 heterocycles. The number of nitrogens with zero attached hydrogens (tertiary/aromatic N) is 3. The highest BCUT2D eigenvalue weighted by molar-refractivity contribution is 7.99. The monoisotopic (exact) mass is 404 g/mol.